The van der Waals surface area contributed by atoms with Crippen LogP contribution >= 0.6 is 22.6 Å². The van der Waals surface area contributed by atoms with E-state index in [1.165, 1.54) is 12.8 Å². The normalized spacial score (nSPS) is 43.7. The molecular formula is C7H13IO. The molecule has 0 aromatic carbocycles. The van der Waals surface area contributed by atoms with Crippen LogP contribution in [-0.2, 0) is 4.74 Å². The van der Waals surface area contributed by atoms with Gasteiger partial charge in [-0.2, -0.15) is 0 Å². The summed E-state index contributed by atoms with van der Waals surface area (Å²) in [6, 6.07) is 0. The maximum atomic E-state index is 5.53. The third-order valence-electron chi connectivity index (χ3n) is 1.85. The average Bonchev–Trinajstić information content (AvgIpc) is 2.10. The Bertz CT molecular complexity index is 101. The summed E-state index contributed by atoms with van der Waals surface area (Å²) in [5.41, 5.74) is 0. The maximum Gasteiger partial charge on any atom is 0.116 e. The first-order valence-corrected chi connectivity index (χ1v) is 4.55. The highest BCUT2D eigenvalue weighted by atomic mass is 127. The molecular weight excluding hydrogens is 227 g/mol. The number of rotatable bonds is 1. The monoisotopic (exact) mass is 240 g/mol. The number of halogens is 1. The molecule has 2 heteroatoms. The van der Waals surface area contributed by atoms with Crippen molar-refractivity contribution in [3.63, 3.8) is 0 Å². The molecule has 1 rings (SSSR count). The highest BCUT2D eigenvalue weighted by molar-refractivity contribution is 14.1. The smallest absolute Gasteiger partial charge is 0.116 e. The Morgan fingerprint density at radius 2 is 2.44 bits per heavy atom. The van der Waals surface area contributed by atoms with Crippen LogP contribution in [0.4, 0.5) is 0 Å². The molecule has 54 valence electrons. The van der Waals surface area contributed by atoms with E-state index in [-0.39, 0.29) is 3.61 Å². The van der Waals surface area contributed by atoms with Gasteiger partial charge in [0.05, 0.1) is 6.61 Å². The molecule has 1 saturated heterocycles. The van der Waals surface area contributed by atoms with E-state index in [1.807, 2.05) is 0 Å². The van der Waals surface area contributed by atoms with Gasteiger partial charge in [0.15, 0.2) is 0 Å². The summed E-state index contributed by atoms with van der Waals surface area (Å²) in [5.74, 6) is 0.812. The second-order valence-corrected chi connectivity index (χ2v) is 5.17. The fourth-order valence-corrected chi connectivity index (χ4v) is 1.99. The Morgan fingerprint density at radius 3 is 2.67 bits per heavy atom. The van der Waals surface area contributed by atoms with Crippen LogP contribution in [0.1, 0.15) is 26.7 Å². The van der Waals surface area contributed by atoms with Gasteiger partial charge in [-0.3, -0.25) is 0 Å². The van der Waals surface area contributed by atoms with Crippen molar-refractivity contribution in [1.29, 1.82) is 0 Å². The van der Waals surface area contributed by atoms with E-state index >= 15 is 0 Å². The van der Waals surface area contributed by atoms with Crippen LogP contribution in [0, 0.1) is 5.92 Å². The van der Waals surface area contributed by atoms with Crippen molar-refractivity contribution in [3.05, 3.63) is 0 Å². The molecule has 0 saturated carbocycles. The van der Waals surface area contributed by atoms with Gasteiger partial charge in [0.2, 0.25) is 0 Å². The van der Waals surface area contributed by atoms with Gasteiger partial charge >= 0.3 is 0 Å². The zero-order valence-electron chi connectivity index (χ0n) is 5.98. The van der Waals surface area contributed by atoms with Crippen LogP contribution in [0.3, 0.4) is 0 Å². The molecule has 0 bridgehead atoms. The van der Waals surface area contributed by atoms with Crippen LogP contribution in [0.25, 0.3) is 0 Å². The summed E-state index contributed by atoms with van der Waals surface area (Å²) < 4.78 is 5.67. The lowest BCUT2D eigenvalue weighted by Gasteiger charge is -2.12. The average molecular weight is 240 g/mol. The molecule has 1 aliphatic heterocycles. The van der Waals surface area contributed by atoms with Crippen molar-refractivity contribution < 1.29 is 4.74 Å². The molecule has 0 radical (unpaired) electrons. The minimum atomic E-state index is 0.137. The van der Waals surface area contributed by atoms with E-state index in [9.17, 15) is 0 Å². The molecule has 0 unspecified atom stereocenters. The van der Waals surface area contributed by atoms with Gasteiger partial charge < -0.3 is 4.74 Å². The Morgan fingerprint density at radius 1 is 1.78 bits per heavy atom. The second-order valence-electron chi connectivity index (χ2n) is 2.89. The molecule has 1 heterocycles. The lowest BCUT2D eigenvalue weighted by Crippen LogP contribution is -2.11. The van der Waals surface area contributed by atoms with E-state index < -0.39 is 0 Å². The highest BCUT2D eigenvalue weighted by Crippen LogP contribution is 2.36. The summed E-state index contributed by atoms with van der Waals surface area (Å²) in [6.07, 6.45) is 2.49. The minimum absolute atomic E-state index is 0.137. The number of ether oxygens (including phenoxy) is 1. The first kappa shape index (κ1) is 7.79. The Kier molecular flexibility index (Phi) is 2.37. The van der Waals surface area contributed by atoms with E-state index in [0.717, 1.165) is 12.5 Å². The number of alkyl halides is 1. The van der Waals surface area contributed by atoms with Crippen LogP contribution in [0.2, 0.25) is 0 Å². The second kappa shape index (κ2) is 2.74. The quantitative estimate of drug-likeness (QED) is 0.505. The fourth-order valence-electron chi connectivity index (χ4n) is 1.19. The van der Waals surface area contributed by atoms with Crippen molar-refractivity contribution in [2.24, 2.45) is 5.92 Å². The summed E-state index contributed by atoms with van der Waals surface area (Å²) in [4.78, 5) is 0. The lowest BCUT2D eigenvalue weighted by molar-refractivity contribution is 0.107. The molecule has 1 nitrogen and oxygen atoms in total. The van der Waals surface area contributed by atoms with Crippen molar-refractivity contribution >= 4 is 22.6 Å². The van der Waals surface area contributed by atoms with Crippen molar-refractivity contribution in [2.45, 2.75) is 30.3 Å². The van der Waals surface area contributed by atoms with Crippen LogP contribution in [0.5, 0.6) is 0 Å². The van der Waals surface area contributed by atoms with E-state index in [0.29, 0.717) is 0 Å². The summed E-state index contributed by atoms with van der Waals surface area (Å²) in [7, 11) is 0. The third kappa shape index (κ3) is 2.08. The molecule has 0 amide bonds. The molecule has 0 N–H and O–H groups in total. The van der Waals surface area contributed by atoms with E-state index in [1.54, 1.807) is 0 Å². The summed E-state index contributed by atoms with van der Waals surface area (Å²) in [5, 5.41) is 0. The summed E-state index contributed by atoms with van der Waals surface area (Å²) >= 11 is 2.38. The van der Waals surface area contributed by atoms with Gasteiger partial charge in [-0.25, -0.2) is 0 Å². The van der Waals surface area contributed by atoms with Crippen molar-refractivity contribution in [1.82, 2.24) is 0 Å². The van der Waals surface area contributed by atoms with E-state index in [2.05, 4.69) is 36.4 Å². The minimum Gasteiger partial charge on any atom is -0.365 e. The number of hydrogen-bond donors (Lipinski definition) is 0. The molecule has 9 heavy (non-hydrogen) atoms. The van der Waals surface area contributed by atoms with Gasteiger partial charge in [-0.1, -0.05) is 13.3 Å². The Balaban J connectivity index is 2.38. The SMILES string of the molecule is CC[C@@H]1CO[C@](C)(I)C1. The number of hydrogen-bond acceptors (Lipinski definition) is 1. The Hall–Kier alpha value is 0.690. The van der Waals surface area contributed by atoms with Gasteiger partial charge in [-0.05, 0) is 41.9 Å². The predicted molar refractivity (Wildman–Crippen MR) is 46.8 cm³/mol. The first-order chi connectivity index (χ1) is 4.14. The van der Waals surface area contributed by atoms with Gasteiger partial charge in [0.25, 0.3) is 0 Å². The summed E-state index contributed by atoms with van der Waals surface area (Å²) in [6.45, 7) is 5.35. The van der Waals surface area contributed by atoms with Crippen LogP contribution in [-0.4, -0.2) is 10.2 Å². The van der Waals surface area contributed by atoms with Gasteiger partial charge in [0.1, 0.15) is 3.61 Å². The molecule has 0 aromatic rings. The molecule has 0 aliphatic carbocycles. The molecule has 0 spiro atoms. The van der Waals surface area contributed by atoms with Gasteiger partial charge in [0, 0.05) is 0 Å². The zero-order valence-corrected chi connectivity index (χ0v) is 8.14. The lowest BCUT2D eigenvalue weighted by atomic mass is 10.0. The maximum absolute atomic E-state index is 5.53. The fraction of sp³-hybridized carbons (Fsp3) is 1.00. The Labute approximate surface area is 70.3 Å². The first-order valence-electron chi connectivity index (χ1n) is 3.47. The largest absolute Gasteiger partial charge is 0.365 e. The standard InChI is InChI=1S/C7H13IO/c1-3-6-4-7(2,8)9-5-6/h6H,3-5H2,1-2H3/t6-,7-/m0/s1. The molecule has 1 aliphatic rings. The molecule has 2 atom stereocenters. The van der Waals surface area contributed by atoms with Crippen molar-refractivity contribution in [2.75, 3.05) is 6.61 Å². The molecule has 0 aromatic heterocycles. The zero-order chi connectivity index (χ0) is 6.91. The van der Waals surface area contributed by atoms with Crippen molar-refractivity contribution in [3.8, 4) is 0 Å². The predicted octanol–water partition coefficient (Wildman–Crippen LogP) is 2.58. The highest BCUT2D eigenvalue weighted by Gasteiger charge is 2.32. The van der Waals surface area contributed by atoms with Crippen LogP contribution in [0.15, 0.2) is 0 Å². The van der Waals surface area contributed by atoms with Gasteiger partial charge in [-0.15, -0.1) is 0 Å². The molecule has 1 fully saturated rings. The third-order valence-corrected chi connectivity index (χ3v) is 2.60. The van der Waals surface area contributed by atoms with E-state index in [4.69, 9.17) is 4.74 Å². The van der Waals surface area contributed by atoms with Crippen LogP contribution < -0.4 is 0 Å². The topological polar surface area (TPSA) is 9.23 Å².